The highest BCUT2D eigenvalue weighted by molar-refractivity contribution is 6.00. The van der Waals surface area contributed by atoms with Gasteiger partial charge in [0, 0.05) is 30.6 Å². The molecule has 1 fully saturated rings. The van der Waals surface area contributed by atoms with Gasteiger partial charge in [-0.1, -0.05) is 24.3 Å². The summed E-state index contributed by atoms with van der Waals surface area (Å²) >= 11 is 0. The Kier molecular flexibility index (Phi) is 13.5. The molecule has 1 unspecified atom stereocenters. The molecule has 0 bridgehead atoms. The first-order valence-corrected chi connectivity index (χ1v) is 13.8. The number of methoxy groups -OCH3 is 1. The molecule has 1 heterocycles. The van der Waals surface area contributed by atoms with Crippen LogP contribution in [0.2, 0.25) is 0 Å². The number of alkyl halides is 3. The summed E-state index contributed by atoms with van der Waals surface area (Å²) in [5.41, 5.74) is 12.6. The minimum atomic E-state index is -5.08. The van der Waals surface area contributed by atoms with Gasteiger partial charge in [-0.2, -0.15) is 13.2 Å². The van der Waals surface area contributed by atoms with Gasteiger partial charge in [0.1, 0.15) is 30.2 Å². The number of hydrogen-bond donors (Lipinski definition) is 6. The molecule has 46 heavy (non-hydrogen) atoms. The molecular weight excluding hydrogens is 617 g/mol. The maximum absolute atomic E-state index is 13.9. The van der Waals surface area contributed by atoms with E-state index in [1.807, 2.05) is 0 Å². The molecule has 1 aliphatic rings. The van der Waals surface area contributed by atoms with Gasteiger partial charge in [-0.3, -0.25) is 24.6 Å². The number of carboxylic acids is 2. The maximum Gasteiger partial charge on any atom is 0.490 e. The van der Waals surface area contributed by atoms with Crippen LogP contribution in [-0.4, -0.2) is 107 Å². The second-order valence-electron chi connectivity index (χ2n) is 10.0. The fraction of sp³-hybridized carbons (Fsp3) is 0.379. The van der Waals surface area contributed by atoms with Crippen molar-refractivity contribution in [2.75, 3.05) is 33.3 Å². The van der Waals surface area contributed by atoms with Crippen molar-refractivity contribution < 1.29 is 52.1 Å². The summed E-state index contributed by atoms with van der Waals surface area (Å²) in [6, 6.07) is 11.3. The largest absolute Gasteiger partial charge is 0.497 e. The molecule has 1 saturated heterocycles. The number of amidine groups is 1. The smallest absolute Gasteiger partial charge is 0.490 e. The van der Waals surface area contributed by atoms with E-state index in [1.54, 1.807) is 43.5 Å². The third-order valence-electron chi connectivity index (χ3n) is 6.78. The van der Waals surface area contributed by atoms with Crippen molar-refractivity contribution in [3.8, 4) is 5.75 Å². The lowest BCUT2D eigenvalue weighted by molar-refractivity contribution is -0.192. The van der Waals surface area contributed by atoms with Crippen LogP contribution in [0.1, 0.15) is 34.3 Å². The number of nitrogens with zero attached hydrogens (tertiary/aromatic N) is 2. The number of hydrogen-bond acceptors (Lipinski definition) is 8. The Bertz CT molecular complexity index is 1400. The van der Waals surface area contributed by atoms with Gasteiger partial charge in [-0.25, -0.2) is 4.79 Å². The summed E-state index contributed by atoms with van der Waals surface area (Å²) in [7, 11) is 1.54. The predicted molar refractivity (Wildman–Crippen MR) is 157 cm³/mol. The van der Waals surface area contributed by atoms with Crippen LogP contribution in [0.4, 0.5) is 13.2 Å². The molecule has 3 amide bonds. The maximum atomic E-state index is 13.9. The summed E-state index contributed by atoms with van der Waals surface area (Å²) in [6.07, 6.45) is -4.21. The number of carboxylic acid groups (broad SMARTS) is 2. The Hall–Kier alpha value is -5.19. The van der Waals surface area contributed by atoms with Crippen LogP contribution in [0.25, 0.3) is 0 Å². The number of carbonyl (C=O) groups excluding carboxylic acids is 3. The normalized spacial score (nSPS) is 15.2. The fourth-order valence-electron chi connectivity index (χ4n) is 4.45. The van der Waals surface area contributed by atoms with E-state index in [2.05, 4.69) is 5.32 Å². The third-order valence-corrected chi connectivity index (χ3v) is 6.78. The number of aliphatic carboxylic acids is 2. The molecule has 2 aromatic rings. The zero-order valence-electron chi connectivity index (χ0n) is 24.8. The summed E-state index contributed by atoms with van der Waals surface area (Å²) in [6.45, 7) is 0.0242. The highest BCUT2D eigenvalue weighted by Gasteiger charge is 2.40. The first-order chi connectivity index (χ1) is 21.6. The number of piperazine rings is 1. The number of halogens is 3. The van der Waals surface area contributed by atoms with Crippen molar-refractivity contribution in [3.05, 3.63) is 65.2 Å². The molecular formula is C29H35F3N6O8. The second-order valence-corrected chi connectivity index (χ2v) is 10.0. The number of nitrogens with two attached hydrogens (primary N) is 2. The number of rotatable bonds is 12. The van der Waals surface area contributed by atoms with Crippen LogP contribution in [0.5, 0.6) is 5.75 Å². The molecule has 1 aliphatic heterocycles. The third kappa shape index (κ3) is 10.8. The average Bonchev–Trinajstić information content (AvgIpc) is 3.00. The number of nitrogens with one attached hydrogen (secondary N) is 2. The van der Waals surface area contributed by atoms with Gasteiger partial charge in [-0.05, 0) is 49.2 Å². The Morgan fingerprint density at radius 3 is 2.09 bits per heavy atom. The van der Waals surface area contributed by atoms with Crippen molar-refractivity contribution in [3.63, 3.8) is 0 Å². The zero-order valence-corrected chi connectivity index (χ0v) is 24.8. The molecule has 3 rings (SSSR count). The van der Waals surface area contributed by atoms with Gasteiger partial charge < -0.3 is 41.5 Å². The molecule has 2 aromatic carbocycles. The van der Waals surface area contributed by atoms with E-state index < -0.39 is 54.5 Å². The number of nitrogen functional groups attached to an aromatic ring is 1. The number of carbonyl (C=O) groups is 5. The van der Waals surface area contributed by atoms with Crippen LogP contribution < -0.4 is 21.5 Å². The van der Waals surface area contributed by atoms with Gasteiger partial charge in [0.05, 0.1) is 7.11 Å². The summed E-state index contributed by atoms with van der Waals surface area (Å²) in [4.78, 5) is 63.0. The number of ether oxygens (including phenoxy) is 1. The summed E-state index contributed by atoms with van der Waals surface area (Å²) in [5, 5.41) is 26.7. The number of benzene rings is 2. The monoisotopic (exact) mass is 652 g/mol. The van der Waals surface area contributed by atoms with E-state index in [0.29, 0.717) is 24.3 Å². The van der Waals surface area contributed by atoms with E-state index in [0.717, 1.165) is 5.56 Å². The van der Waals surface area contributed by atoms with Crippen LogP contribution >= 0.6 is 0 Å². The lowest BCUT2D eigenvalue weighted by Gasteiger charge is -2.41. The lowest BCUT2D eigenvalue weighted by Crippen LogP contribution is -2.63. The lowest BCUT2D eigenvalue weighted by atomic mass is 9.99. The van der Waals surface area contributed by atoms with Crippen LogP contribution in [-0.2, 0) is 25.6 Å². The fourth-order valence-corrected chi connectivity index (χ4v) is 4.45. The van der Waals surface area contributed by atoms with Gasteiger partial charge in [0.15, 0.2) is 0 Å². The molecule has 0 saturated carbocycles. The van der Waals surface area contributed by atoms with E-state index >= 15 is 0 Å². The first kappa shape index (κ1) is 37.0. The van der Waals surface area contributed by atoms with Crippen molar-refractivity contribution in [1.82, 2.24) is 15.1 Å². The first-order valence-electron chi connectivity index (χ1n) is 13.8. The van der Waals surface area contributed by atoms with Gasteiger partial charge in [0.25, 0.3) is 5.91 Å². The minimum absolute atomic E-state index is 0.0612. The Labute approximate surface area is 261 Å². The van der Waals surface area contributed by atoms with Gasteiger partial charge in [0.2, 0.25) is 11.8 Å². The molecule has 2 atom stereocenters. The minimum Gasteiger partial charge on any atom is -0.497 e. The molecule has 0 spiro atoms. The second kappa shape index (κ2) is 16.8. The van der Waals surface area contributed by atoms with Crippen LogP contribution in [0, 0.1) is 5.41 Å². The van der Waals surface area contributed by atoms with E-state index in [9.17, 15) is 37.5 Å². The summed E-state index contributed by atoms with van der Waals surface area (Å²) < 4.78 is 36.9. The van der Waals surface area contributed by atoms with Crippen LogP contribution in [0.15, 0.2) is 48.5 Å². The Morgan fingerprint density at radius 2 is 1.61 bits per heavy atom. The quantitative estimate of drug-likeness (QED) is 0.140. The molecule has 0 radical (unpaired) electrons. The Morgan fingerprint density at radius 1 is 1.04 bits per heavy atom. The van der Waals surface area contributed by atoms with Gasteiger partial charge >= 0.3 is 18.1 Å². The molecule has 17 heteroatoms. The highest BCUT2D eigenvalue weighted by Crippen LogP contribution is 2.20. The van der Waals surface area contributed by atoms with Crippen molar-refractivity contribution in [2.24, 2.45) is 11.5 Å². The standard InChI is InChI=1S/C27H34N6O6.C2HF3O2/c1-39-20-10-4-17(5-11-20)15-21(31-25(36)19-8-6-18(7-9-19)24(29)30)26(37)33-14-13-32(16-23(34)35)27(38)22(33)3-2-12-28;3-2(4,5)1(6)7/h4-11,21-22H,2-3,12-16,28H2,1H3,(H3,29,30)(H,31,36)(H,34,35);(H,6,7)/t21?,22-;/m0./s1. The predicted octanol–water partition coefficient (Wildman–Crippen LogP) is 0.817. The SMILES string of the molecule is COc1ccc(CC(NC(=O)c2ccc(C(=N)N)cc2)C(=O)N2CCN(CC(=O)O)C(=O)[C@@H]2CCCN)cc1.O=C(O)C(F)(F)F. The van der Waals surface area contributed by atoms with E-state index in [4.69, 9.17) is 31.5 Å². The molecule has 14 nitrogen and oxygen atoms in total. The zero-order chi connectivity index (χ0) is 34.6. The van der Waals surface area contributed by atoms with E-state index in [1.165, 1.54) is 21.9 Å². The van der Waals surface area contributed by atoms with Crippen molar-refractivity contribution in [2.45, 2.75) is 37.5 Å². The van der Waals surface area contributed by atoms with E-state index in [-0.39, 0.29) is 37.3 Å². The van der Waals surface area contributed by atoms with Gasteiger partial charge in [-0.15, -0.1) is 0 Å². The van der Waals surface area contributed by atoms with Crippen molar-refractivity contribution in [1.29, 1.82) is 5.41 Å². The summed E-state index contributed by atoms with van der Waals surface area (Å²) in [5.74, 6) is -4.81. The molecule has 0 aromatic heterocycles. The topological polar surface area (TPSA) is 229 Å². The number of amides is 3. The Balaban J connectivity index is 0.000000942. The average molecular weight is 653 g/mol. The molecule has 250 valence electrons. The highest BCUT2D eigenvalue weighted by atomic mass is 19.4. The molecule has 8 N–H and O–H groups in total. The molecule has 0 aliphatic carbocycles. The van der Waals surface area contributed by atoms with Crippen LogP contribution in [0.3, 0.4) is 0 Å². The van der Waals surface area contributed by atoms with Crippen molar-refractivity contribution >= 4 is 35.5 Å².